The molecule has 2 unspecified atom stereocenters. The molecule has 0 aromatic carbocycles. The van der Waals surface area contributed by atoms with Crippen LogP contribution in [0, 0.1) is 5.92 Å². The van der Waals surface area contributed by atoms with E-state index in [9.17, 15) is 9.59 Å². The maximum Gasteiger partial charge on any atom is 0.303 e. The van der Waals surface area contributed by atoms with Gasteiger partial charge in [0.25, 0.3) is 0 Å². The number of carboxylic acids is 1. The zero-order valence-corrected chi connectivity index (χ0v) is 10.2. The highest BCUT2D eigenvalue weighted by molar-refractivity contribution is 5.82. The van der Waals surface area contributed by atoms with Crippen LogP contribution in [0.15, 0.2) is 0 Å². The Hall–Kier alpha value is -1.14. The minimum absolute atomic E-state index is 0.0967. The van der Waals surface area contributed by atoms with Gasteiger partial charge in [-0.2, -0.15) is 0 Å². The molecule has 17 heavy (non-hydrogen) atoms. The van der Waals surface area contributed by atoms with Crippen LogP contribution in [-0.2, 0) is 9.59 Å². The van der Waals surface area contributed by atoms with E-state index in [4.69, 9.17) is 15.9 Å². The fourth-order valence-corrected chi connectivity index (χ4v) is 1.42. The van der Waals surface area contributed by atoms with Crippen LogP contribution in [0.1, 0.15) is 32.6 Å². The van der Waals surface area contributed by atoms with Gasteiger partial charge in [0, 0.05) is 19.6 Å². The highest BCUT2D eigenvalue weighted by Gasteiger charge is 2.15. The van der Waals surface area contributed by atoms with Crippen LogP contribution in [0.3, 0.4) is 0 Å². The second kappa shape index (κ2) is 8.95. The maximum atomic E-state index is 11.5. The standard InChI is InChI=1S/C11H22N2O4/c1-2-8(5-6-14)7-13-11(17)9(12)3-4-10(15)16/h8-9,14H,2-7,12H2,1H3,(H,13,17)(H,15,16). The number of aliphatic hydroxyl groups excluding tert-OH is 1. The van der Waals surface area contributed by atoms with Crippen LogP contribution < -0.4 is 11.1 Å². The van der Waals surface area contributed by atoms with E-state index in [0.29, 0.717) is 13.0 Å². The number of hydrogen-bond donors (Lipinski definition) is 4. The second-order valence-corrected chi connectivity index (χ2v) is 4.07. The van der Waals surface area contributed by atoms with E-state index in [-0.39, 0.29) is 31.3 Å². The predicted molar refractivity (Wildman–Crippen MR) is 63.3 cm³/mol. The first kappa shape index (κ1) is 15.9. The molecular formula is C11H22N2O4. The molecule has 0 heterocycles. The fraction of sp³-hybridized carbons (Fsp3) is 0.818. The Morgan fingerprint density at radius 2 is 2.00 bits per heavy atom. The third kappa shape index (κ3) is 7.70. The number of rotatable bonds is 9. The molecular weight excluding hydrogens is 224 g/mol. The summed E-state index contributed by atoms with van der Waals surface area (Å²) in [5.74, 6) is -1.06. The molecule has 0 aliphatic heterocycles. The van der Waals surface area contributed by atoms with Crippen molar-refractivity contribution in [2.45, 2.75) is 38.6 Å². The molecule has 2 atom stereocenters. The largest absolute Gasteiger partial charge is 0.481 e. The Kier molecular flexibility index (Phi) is 8.35. The number of carboxylic acid groups (broad SMARTS) is 1. The van der Waals surface area contributed by atoms with Gasteiger partial charge in [0.15, 0.2) is 0 Å². The molecule has 0 bridgehead atoms. The van der Waals surface area contributed by atoms with Crippen molar-refractivity contribution in [3.8, 4) is 0 Å². The van der Waals surface area contributed by atoms with Gasteiger partial charge in [-0.25, -0.2) is 0 Å². The summed E-state index contributed by atoms with van der Waals surface area (Å²) in [6.45, 7) is 2.55. The number of aliphatic carboxylic acids is 1. The second-order valence-electron chi connectivity index (χ2n) is 4.07. The first-order valence-corrected chi connectivity index (χ1v) is 5.87. The van der Waals surface area contributed by atoms with Crippen LogP contribution in [0.2, 0.25) is 0 Å². The zero-order chi connectivity index (χ0) is 13.3. The van der Waals surface area contributed by atoms with E-state index in [1.54, 1.807) is 0 Å². The average molecular weight is 246 g/mol. The lowest BCUT2D eigenvalue weighted by Crippen LogP contribution is -2.42. The lowest BCUT2D eigenvalue weighted by Gasteiger charge is -2.16. The van der Waals surface area contributed by atoms with Crippen molar-refractivity contribution in [3.63, 3.8) is 0 Å². The van der Waals surface area contributed by atoms with Gasteiger partial charge in [0.1, 0.15) is 0 Å². The predicted octanol–water partition coefficient (Wildman–Crippen LogP) is -0.297. The topological polar surface area (TPSA) is 113 Å². The number of nitrogens with two attached hydrogens (primary N) is 1. The third-order valence-corrected chi connectivity index (χ3v) is 2.69. The fourth-order valence-electron chi connectivity index (χ4n) is 1.42. The van der Waals surface area contributed by atoms with Gasteiger partial charge in [-0.1, -0.05) is 13.3 Å². The molecule has 1 amide bonds. The van der Waals surface area contributed by atoms with E-state index in [1.807, 2.05) is 6.92 Å². The summed E-state index contributed by atoms with van der Waals surface area (Å²) in [4.78, 5) is 21.8. The summed E-state index contributed by atoms with van der Waals surface area (Å²) < 4.78 is 0. The summed E-state index contributed by atoms with van der Waals surface area (Å²) in [6.07, 6.45) is 1.53. The van der Waals surface area contributed by atoms with Crippen LogP contribution >= 0.6 is 0 Å². The number of amides is 1. The molecule has 0 saturated heterocycles. The van der Waals surface area contributed by atoms with Crippen LogP contribution in [0.5, 0.6) is 0 Å². The first-order valence-electron chi connectivity index (χ1n) is 5.87. The average Bonchev–Trinajstić information content (AvgIpc) is 2.30. The normalized spacial score (nSPS) is 14.1. The Morgan fingerprint density at radius 1 is 1.35 bits per heavy atom. The molecule has 6 nitrogen and oxygen atoms in total. The first-order chi connectivity index (χ1) is 8.01. The van der Waals surface area contributed by atoms with Gasteiger partial charge in [-0.3, -0.25) is 9.59 Å². The molecule has 0 aromatic rings. The minimum Gasteiger partial charge on any atom is -0.481 e. The summed E-state index contributed by atoms with van der Waals surface area (Å²) in [6, 6.07) is -0.780. The van der Waals surface area contributed by atoms with Crippen molar-refractivity contribution in [2.75, 3.05) is 13.2 Å². The lowest BCUT2D eigenvalue weighted by molar-refractivity contribution is -0.137. The van der Waals surface area contributed by atoms with Gasteiger partial charge in [-0.05, 0) is 18.8 Å². The molecule has 0 aliphatic rings. The molecule has 0 saturated carbocycles. The van der Waals surface area contributed by atoms with Crippen molar-refractivity contribution in [1.82, 2.24) is 5.32 Å². The molecule has 0 fully saturated rings. The number of carbonyl (C=O) groups is 2. The SMILES string of the molecule is CCC(CCO)CNC(=O)C(N)CCC(=O)O. The lowest BCUT2D eigenvalue weighted by atomic mass is 10.0. The van der Waals surface area contributed by atoms with E-state index in [2.05, 4.69) is 5.32 Å². The number of carbonyl (C=O) groups excluding carboxylic acids is 1. The third-order valence-electron chi connectivity index (χ3n) is 2.69. The maximum absolute atomic E-state index is 11.5. The van der Waals surface area contributed by atoms with Crippen LogP contribution in [0.4, 0.5) is 0 Å². The van der Waals surface area contributed by atoms with Gasteiger partial charge < -0.3 is 21.3 Å². The molecule has 6 heteroatoms. The molecule has 0 spiro atoms. The Balaban J connectivity index is 3.86. The number of aliphatic hydroxyl groups is 1. The molecule has 0 radical (unpaired) electrons. The minimum atomic E-state index is -0.958. The van der Waals surface area contributed by atoms with Crippen LogP contribution in [-0.4, -0.2) is 41.3 Å². The van der Waals surface area contributed by atoms with Gasteiger partial charge in [-0.15, -0.1) is 0 Å². The van der Waals surface area contributed by atoms with Crippen LogP contribution in [0.25, 0.3) is 0 Å². The molecule has 0 aliphatic carbocycles. The molecule has 0 rings (SSSR count). The highest BCUT2D eigenvalue weighted by Crippen LogP contribution is 2.05. The molecule has 0 aromatic heterocycles. The van der Waals surface area contributed by atoms with Crippen molar-refractivity contribution in [1.29, 1.82) is 0 Å². The van der Waals surface area contributed by atoms with Crippen molar-refractivity contribution >= 4 is 11.9 Å². The van der Waals surface area contributed by atoms with E-state index in [1.165, 1.54) is 0 Å². The summed E-state index contributed by atoms with van der Waals surface area (Å²) in [5.41, 5.74) is 5.54. The van der Waals surface area contributed by atoms with Gasteiger partial charge in [0.05, 0.1) is 6.04 Å². The smallest absolute Gasteiger partial charge is 0.303 e. The summed E-state index contributed by atoms with van der Waals surface area (Å²) in [5, 5.41) is 19.9. The van der Waals surface area contributed by atoms with Crippen molar-refractivity contribution in [3.05, 3.63) is 0 Å². The number of nitrogens with one attached hydrogen (secondary N) is 1. The van der Waals surface area contributed by atoms with Gasteiger partial charge >= 0.3 is 5.97 Å². The van der Waals surface area contributed by atoms with E-state index < -0.39 is 12.0 Å². The van der Waals surface area contributed by atoms with E-state index in [0.717, 1.165) is 6.42 Å². The van der Waals surface area contributed by atoms with E-state index >= 15 is 0 Å². The summed E-state index contributed by atoms with van der Waals surface area (Å²) >= 11 is 0. The molecule has 100 valence electrons. The highest BCUT2D eigenvalue weighted by atomic mass is 16.4. The Bertz CT molecular complexity index is 246. The quantitative estimate of drug-likeness (QED) is 0.446. The van der Waals surface area contributed by atoms with Crippen molar-refractivity contribution < 1.29 is 19.8 Å². The summed E-state index contributed by atoms with van der Waals surface area (Å²) in [7, 11) is 0. The Morgan fingerprint density at radius 3 is 2.47 bits per heavy atom. The Labute approximate surface area is 101 Å². The number of hydrogen-bond acceptors (Lipinski definition) is 4. The zero-order valence-electron chi connectivity index (χ0n) is 10.2. The molecule has 5 N–H and O–H groups in total. The van der Waals surface area contributed by atoms with Crippen molar-refractivity contribution in [2.24, 2.45) is 11.7 Å². The monoisotopic (exact) mass is 246 g/mol. The van der Waals surface area contributed by atoms with Gasteiger partial charge in [0.2, 0.25) is 5.91 Å².